The Balaban J connectivity index is 1.96. The minimum absolute atomic E-state index is 0.00532. The zero-order chi connectivity index (χ0) is 28.1. The summed E-state index contributed by atoms with van der Waals surface area (Å²) < 4.78 is 27.7. The van der Waals surface area contributed by atoms with Gasteiger partial charge in [-0.15, -0.1) is 0 Å². The highest BCUT2D eigenvalue weighted by atomic mass is 35.5. The van der Waals surface area contributed by atoms with E-state index in [1.807, 2.05) is 30.3 Å². The van der Waals surface area contributed by atoms with Gasteiger partial charge in [-0.2, -0.15) is 5.26 Å². The molecule has 1 heterocycles. The van der Waals surface area contributed by atoms with E-state index in [-0.39, 0.29) is 68.8 Å². The van der Waals surface area contributed by atoms with Crippen molar-refractivity contribution in [2.45, 2.75) is 39.4 Å². The number of hydrogen-bond acceptors (Lipinski definition) is 5. The van der Waals surface area contributed by atoms with Crippen molar-refractivity contribution in [3.63, 3.8) is 0 Å². The zero-order valence-corrected chi connectivity index (χ0v) is 23.5. The second kappa shape index (κ2) is 12.8. The highest BCUT2D eigenvalue weighted by molar-refractivity contribution is 6.44. The smallest absolute Gasteiger partial charge is 0.341 e. The van der Waals surface area contributed by atoms with Gasteiger partial charge in [0.25, 0.3) is 0 Å². The number of hydrogen-bond donors (Lipinski definition) is 0. The van der Waals surface area contributed by atoms with Crippen molar-refractivity contribution in [3.8, 4) is 17.2 Å². The maximum Gasteiger partial charge on any atom is 0.341 e. The molecular weight excluding hydrogens is 562 g/mol. The van der Waals surface area contributed by atoms with Gasteiger partial charge < -0.3 is 9.47 Å². The van der Waals surface area contributed by atoms with E-state index < -0.39 is 17.9 Å². The van der Waals surface area contributed by atoms with Crippen LogP contribution in [-0.4, -0.2) is 17.6 Å². The monoisotopic (exact) mass is 584 g/mol. The van der Waals surface area contributed by atoms with Gasteiger partial charge in [-0.1, -0.05) is 77.3 Å². The molecule has 0 fully saturated rings. The first-order chi connectivity index (χ1) is 18.8. The van der Waals surface area contributed by atoms with Crippen molar-refractivity contribution < 1.29 is 18.7 Å². The maximum atomic E-state index is 16.4. The lowest BCUT2D eigenvalue weighted by atomic mass is 9.92. The highest BCUT2D eigenvalue weighted by Gasteiger charge is 2.29. The minimum Gasteiger partial charge on any atom is -0.462 e. The van der Waals surface area contributed by atoms with E-state index >= 15 is 4.39 Å². The zero-order valence-electron chi connectivity index (χ0n) is 21.2. The molecule has 4 aromatic rings. The summed E-state index contributed by atoms with van der Waals surface area (Å²) in [6.07, 6.45) is -0.401. The maximum absolute atomic E-state index is 16.4. The third-order valence-corrected chi connectivity index (χ3v) is 7.41. The lowest BCUT2D eigenvalue weighted by Gasteiger charge is -2.20. The molecule has 0 radical (unpaired) electrons. The van der Waals surface area contributed by atoms with Crippen LogP contribution >= 0.6 is 34.8 Å². The highest BCUT2D eigenvalue weighted by Crippen LogP contribution is 2.42. The van der Waals surface area contributed by atoms with Crippen LogP contribution in [0.1, 0.15) is 53.6 Å². The van der Waals surface area contributed by atoms with Crippen LogP contribution in [0.3, 0.4) is 0 Å². The number of nitrogens with zero attached hydrogens (tertiary/aromatic N) is 2. The number of carbonyl (C=O) groups is 1. The molecule has 0 aliphatic heterocycles. The molecule has 0 saturated heterocycles. The number of pyridine rings is 1. The van der Waals surface area contributed by atoms with Crippen molar-refractivity contribution in [1.82, 2.24) is 4.98 Å². The van der Waals surface area contributed by atoms with Crippen LogP contribution in [0.2, 0.25) is 15.1 Å². The topological polar surface area (TPSA) is 72.2 Å². The molecule has 0 N–H and O–H groups in total. The molecule has 9 heteroatoms. The van der Waals surface area contributed by atoms with E-state index in [1.165, 1.54) is 0 Å². The van der Waals surface area contributed by atoms with Crippen LogP contribution in [0.25, 0.3) is 22.0 Å². The predicted molar refractivity (Wildman–Crippen MR) is 152 cm³/mol. The van der Waals surface area contributed by atoms with Gasteiger partial charge in [0.15, 0.2) is 5.82 Å². The summed E-state index contributed by atoms with van der Waals surface area (Å²) in [4.78, 5) is 17.6. The number of aryl methyl sites for hydroxylation is 1. The van der Waals surface area contributed by atoms with E-state index in [4.69, 9.17) is 44.3 Å². The van der Waals surface area contributed by atoms with E-state index in [9.17, 15) is 10.1 Å². The number of rotatable bonds is 9. The van der Waals surface area contributed by atoms with Crippen molar-refractivity contribution in [2.24, 2.45) is 0 Å². The third-order valence-electron chi connectivity index (χ3n) is 6.20. The molecule has 0 aliphatic carbocycles. The van der Waals surface area contributed by atoms with Crippen LogP contribution in [0.4, 0.5) is 4.39 Å². The van der Waals surface area contributed by atoms with Gasteiger partial charge >= 0.3 is 5.97 Å². The number of nitriles is 1. The first-order valence-electron chi connectivity index (χ1n) is 12.3. The lowest BCUT2D eigenvalue weighted by molar-refractivity contribution is 0.0429. The predicted octanol–water partition coefficient (Wildman–Crippen LogP) is 8.91. The van der Waals surface area contributed by atoms with E-state index in [1.54, 1.807) is 38.1 Å². The molecule has 39 heavy (non-hydrogen) atoms. The average Bonchev–Trinajstić information content (AvgIpc) is 2.93. The molecule has 0 saturated carbocycles. The Morgan fingerprint density at radius 1 is 1.10 bits per heavy atom. The summed E-state index contributed by atoms with van der Waals surface area (Å²) >= 11 is 19.5. The Bertz CT molecular complexity index is 1570. The van der Waals surface area contributed by atoms with Crippen molar-refractivity contribution in [1.29, 1.82) is 5.26 Å². The van der Waals surface area contributed by atoms with Gasteiger partial charge in [-0.3, -0.25) is 0 Å². The normalized spacial score (nSPS) is 11.8. The standard InChI is InChI=1S/C30H24Cl3FN2O3/c1-3-38-30(37)24-26(33)21-15-19(11-8-14-35)23(20-12-7-13-22(31)25(20)32)27(34)29(21)36-28(24)17(2)39-16-18-9-5-4-6-10-18/h4-7,9-10,12-13,15,17H,3,8,11,16H2,1-2H3/t17-/m1/s1. The number of halogens is 4. The van der Waals surface area contributed by atoms with Gasteiger partial charge in [0.05, 0.1) is 46.1 Å². The number of ether oxygens (including phenoxy) is 2. The molecule has 1 atom stereocenters. The minimum atomic E-state index is -0.734. The Labute approximate surface area is 241 Å². The molecule has 200 valence electrons. The number of fused-ring (bicyclic) bond motifs is 1. The second-order valence-corrected chi connectivity index (χ2v) is 9.89. The van der Waals surface area contributed by atoms with Gasteiger partial charge in [-0.25, -0.2) is 14.2 Å². The fraction of sp³-hybridized carbons (Fsp3) is 0.233. The summed E-state index contributed by atoms with van der Waals surface area (Å²) in [6.45, 7) is 3.74. The Morgan fingerprint density at radius 2 is 1.85 bits per heavy atom. The summed E-state index contributed by atoms with van der Waals surface area (Å²) in [6, 6.07) is 18.1. The summed E-state index contributed by atoms with van der Waals surface area (Å²) in [5.41, 5.74) is 2.01. The largest absolute Gasteiger partial charge is 0.462 e. The Morgan fingerprint density at radius 3 is 2.54 bits per heavy atom. The number of carbonyl (C=O) groups excluding carboxylic acids is 1. The molecule has 0 amide bonds. The van der Waals surface area contributed by atoms with E-state index in [2.05, 4.69) is 11.1 Å². The fourth-order valence-corrected chi connectivity index (χ4v) is 5.05. The number of aromatic nitrogens is 1. The Hall–Kier alpha value is -3.21. The number of benzene rings is 3. The third kappa shape index (κ3) is 6.03. The first-order valence-corrected chi connectivity index (χ1v) is 13.4. The molecule has 3 aromatic carbocycles. The van der Waals surface area contributed by atoms with Crippen molar-refractivity contribution >= 4 is 51.7 Å². The van der Waals surface area contributed by atoms with Gasteiger partial charge in [0, 0.05) is 22.9 Å². The SMILES string of the molecule is CCOC(=O)c1c([C@@H](C)OCc2ccccc2)nc2c(F)c(-c3cccc(Cl)c3Cl)c(CCC#N)cc2c1Cl. The molecule has 4 rings (SSSR count). The lowest BCUT2D eigenvalue weighted by Crippen LogP contribution is -2.15. The molecule has 5 nitrogen and oxygen atoms in total. The van der Waals surface area contributed by atoms with Crippen molar-refractivity contribution in [3.05, 3.63) is 97.9 Å². The Kier molecular flexibility index (Phi) is 9.42. The second-order valence-electron chi connectivity index (χ2n) is 8.73. The van der Waals surface area contributed by atoms with Crippen LogP contribution in [0, 0.1) is 17.1 Å². The average molecular weight is 586 g/mol. The molecular formula is C30H24Cl3FN2O3. The summed E-state index contributed by atoms with van der Waals surface area (Å²) in [7, 11) is 0. The number of esters is 1. The fourth-order valence-electron chi connectivity index (χ4n) is 4.33. The van der Waals surface area contributed by atoms with Gasteiger partial charge in [0.2, 0.25) is 0 Å². The van der Waals surface area contributed by atoms with Gasteiger partial charge in [0.1, 0.15) is 11.1 Å². The van der Waals surface area contributed by atoms with Crippen LogP contribution in [0.15, 0.2) is 54.6 Å². The summed E-state index contributed by atoms with van der Waals surface area (Å²) in [5, 5.41) is 9.86. The van der Waals surface area contributed by atoms with Crippen LogP contribution < -0.4 is 0 Å². The molecule has 1 aromatic heterocycles. The summed E-state index contributed by atoms with van der Waals surface area (Å²) in [5.74, 6) is -1.39. The molecule has 0 bridgehead atoms. The van der Waals surface area contributed by atoms with E-state index in [0.717, 1.165) is 5.56 Å². The molecule has 0 spiro atoms. The van der Waals surface area contributed by atoms with Crippen LogP contribution in [0.5, 0.6) is 0 Å². The molecule has 0 unspecified atom stereocenters. The van der Waals surface area contributed by atoms with Crippen molar-refractivity contribution in [2.75, 3.05) is 6.61 Å². The van der Waals surface area contributed by atoms with E-state index in [0.29, 0.717) is 11.1 Å². The first kappa shape index (κ1) is 28.8. The quantitative estimate of drug-likeness (QED) is 0.183. The van der Waals surface area contributed by atoms with Crippen LogP contribution in [-0.2, 0) is 22.5 Å². The van der Waals surface area contributed by atoms with Gasteiger partial charge in [-0.05, 0) is 43.5 Å². The molecule has 0 aliphatic rings.